The SMILES string of the molecule is COCCN1C[C@H](NC(=O)Nc2cc(NS(C)(=O)=O)ccc2F)CC1=O. The second-order valence-electron chi connectivity index (χ2n) is 5.90. The van der Waals surface area contributed by atoms with Crippen LogP contribution in [-0.4, -0.2) is 64.4 Å². The topological polar surface area (TPSA) is 117 Å². The zero-order chi connectivity index (χ0) is 19.3. The Morgan fingerprint density at radius 2 is 2.15 bits per heavy atom. The van der Waals surface area contributed by atoms with Crippen molar-refractivity contribution in [2.45, 2.75) is 12.5 Å². The van der Waals surface area contributed by atoms with Crippen LogP contribution in [0.4, 0.5) is 20.6 Å². The predicted molar refractivity (Wildman–Crippen MR) is 93.9 cm³/mol. The zero-order valence-corrected chi connectivity index (χ0v) is 15.2. The number of carbonyl (C=O) groups excluding carboxylic acids is 2. The number of nitrogens with zero attached hydrogens (tertiary/aromatic N) is 1. The van der Waals surface area contributed by atoms with Crippen LogP contribution in [0.15, 0.2) is 18.2 Å². The Morgan fingerprint density at radius 3 is 2.81 bits per heavy atom. The first kappa shape index (κ1) is 19.9. The number of hydrogen-bond acceptors (Lipinski definition) is 5. The molecule has 0 saturated carbocycles. The second kappa shape index (κ2) is 8.32. The number of sulfonamides is 1. The largest absolute Gasteiger partial charge is 0.383 e. The standard InChI is InChI=1S/C15H21FN4O5S/c1-25-6-5-20-9-11(8-14(20)21)17-15(22)18-13-7-10(3-4-12(13)16)19-26(2,23)24/h3-4,7,11,19H,5-6,8-9H2,1-2H3,(H2,17,18,22)/t11-/m1/s1. The number of anilines is 2. The van der Waals surface area contributed by atoms with Gasteiger partial charge >= 0.3 is 6.03 Å². The molecule has 1 aliphatic heterocycles. The fraction of sp³-hybridized carbons (Fsp3) is 0.467. The lowest BCUT2D eigenvalue weighted by atomic mass is 10.2. The number of likely N-dealkylation sites (tertiary alicyclic amines) is 1. The first-order chi connectivity index (χ1) is 12.2. The number of hydrogen-bond donors (Lipinski definition) is 3. The van der Waals surface area contributed by atoms with E-state index in [-0.39, 0.29) is 23.7 Å². The Labute approximate surface area is 150 Å². The van der Waals surface area contributed by atoms with Gasteiger partial charge in [0.1, 0.15) is 5.82 Å². The van der Waals surface area contributed by atoms with Gasteiger partial charge < -0.3 is 20.3 Å². The Hall–Kier alpha value is -2.40. The number of ether oxygens (including phenoxy) is 1. The molecule has 0 unspecified atom stereocenters. The summed E-state index contributed by atoms with van der Waals surface area (Å²) < 4.78 is 43.4. The van der Waals surface area contributed by atoms with Crippen LogP contribution in [-0.2, 0) is 19.6 Å². The average molecular weight is 388 g/mol. The average Bonchev–Trinajstić information content (AvgIpc) is 2.86. The Bertz CT molecular complexity index is 786. The van der Waals surface area contributed by atoms with Crippen molar-refractivity contribution < 1.29 is 27.1 Å². The van der Waals surface area contributed by atoms with E-state index in [0.29, 0.717) is 19.7 Å². The van der Waals surface area contributed by atoms with Crippen LogP contribution in [0, 0.1) is 5.82 Å². The fourth-order valence-electron chi connectivity index (χ4n) is 2.53. The van der Waals surface area contributed by atoms with Crippen molar-refractivity contribution in [1.82, 2.24) is 10.2 Å². The van der Waals surface area contributed by atoms with Crippen molar-refractivity contribution in [3.8, 4) is 0 Å². The quantitative estimate of drug-likeness (QED) is 0.631. The van der Waals surface area contributed by atoms with Gasteiger partial charge in [0.15, 0.2) is 0 Å². The first-order valence-electron chi connectivity index (χ1n) is 7.79. The molecular formula is C15H21FN4O5S. The molecule has 1 heterocycles. The maximum absolute atomic E-state index is 13.8. The van der Waals surface area contributed by atoms with Crippen LogP contribution < -0.4 is 15.4 Å². The van der Waals surface area contributed by atoms with E-state index in [1.807, 2.05) is 0 Å². The zero-order valence-electron chi connectivity index (χ0n) is 14.4. The molecule has 9 nitrogen and oxygen atoms in total. The van der Waals surface area contributed by atoms with E-state index in [9.17, 15) is 22.4 Å². The summed E-state index contributed by atoms with van der Waals surface area (Å²) in [5.41, 5.74) is -0.0669. The summed E-state index contributed by atoms with van der Waals surface area (Å²) in [6.07, 6.45) is 1.11. The molecule has 144 valence electrons. The van der Waals surface area contributed by atoms with Crippen LogP contribution in [0.3, 0.4) is 0 Å². The molecule has 0 radical (unpaired) electrons. The van der Waals surface area contributed by atoms with E-state index >= 15 is 0 Å². The summed E-state index contributed by atoms with van der Waals surface area (Å²) in [5, 5.41) is 4.92. The highest BCUT2D eigenvalue weighted by molar-refractivity contribution is 7.92. The van der Waals surface area contributed by atoms with Gasteiger partial charge in [0.2, 0.25) is 15.9 Å². The third-order valence-corrected chi connectivity index (χ3v) is 4.24. The van der Waals surface area contributed by atoms with Crippen LogP contribution in [0.5, 0.6) is 0 Å². The highest BCUT2D eigenvalue weighted by atomic mass is 32.2. The van der Waals surface area contributed by atoms with E-state index in [0.717, 1.165) is 12.3 Å². The van der Waals surface area contributed by atoms with Gasteiger partial charge in [-0.15, -0.1) is 0 Å². The summed E-state index contributed by atoms with van der Waals surface area (Å²) in [6.45, 7) is 1.17. The molecule has 3 N–H and O–H groups in total. The van der Waals surface area contributed by atoms with Gasteiger partial charge in [-0.25, -0.2) is 17.6 Å². The van der Waals surface area contributed by atoms with Crippen molar-refractivity contribution in [2.75, 3.05) is 43.1 Å². The summed E-state index contributed by atoms with van der Waals surface area (Å²) >= 11 is 0. The van der Waals surface area contributed by atoms with Gasteiger partial charge in [-0.3, -0.25) is 9.52 Å². The minimum Gasteiger partial charge on any atom is -0.383 e. The number of rotatable bonds is 7. The van der Waals surface area contributed by atoms with Crippen LogP contribution in [0.2, 0.25) is 0 Å². The summed E-state index contributed by atoms with van der Waals surface area (Å²) in [7, 11) is -2.00. The maximum Gasteiger partial charge on any atom is 0.319 e. The highest BCUT2D eigenvalue weighted by Crippen LogP contribution is 2.20. The fourth-order valence-corrected chi connectivity index (χ4v) is 3.08. The van der Waals surface area contributed by atoms with Gasteiger partial charge in [0.25, 0.3) is 0 Å². The van der Waals surface area contributed by atoms with Gasteiger partial charge in [0.05, 0.1) is 30.3 Å². The molecule has 1 atom stereocenters. The number of methoxy groups -OCH3 is 1. The molecule has 3 amide bonds. The van der Waals surface area contributed by atoms with Crippen molar-refractivity contribution in [3.05, 3.63) is 24.0 Å². The van der Waals surface area contributed by atoms with Gasteiger partial charge in [-0.2, -0.15) is 0 Å². The molecule has 0 aliphatic carbocycles. The lowest BCUT2D eigenvalue weighted by Crippen LogP contribution is -2.40. The normalized spacial score (nSPS) is 17.3. The number of nitrogens with one attached hydrogen (secondary N) is 3. The Balaban J connectivity index is 1.95. The molecule has 11 heteroatoms. The predicted octanol–water partition coefficient (Wildman–Crippen LogP) is 0.566. The highest BCUT2D eigenvalue weighted by Gasteiger charge is 2.30. The monoisotopic (exact) mass is 388 g/mol. The molecule has 1 aromatic carbocycles. The van der Waals surface area contributed by atoms with Crippen LogP contribution >= 0.6 is 0 Å². The van der Waals surface area contributed by atoms with Gasteiger partial charge in [-0.05, 0) is 18.2 Å². The lowest BCUT2D eigenvalue weighted by Gasteiger charge is -2.17. The Kier molecular flexibility index (Phi) is 6.37. The van der Waals surface area contributed by atoms with E-state index in [2.05, 4.69) is 15.4 Å². The number of halogens is 1. The number of urea groups is 1. The molecule has 1 fully saturated rings. The molecule has 0 spiro atoms. The first-order valence-corrected chi connectivity index (χ1v) is 9.68. The molecule has 1 aliphatic rings. The van der Waals surface area contributed by atoms with Crippen LogP contribution in [0.25, 0.3) is 0 Å². The Morgan fingerprint density at radius 1 is 1.42 bits per heavy atom. The molecule has 1 aromatic rings. The maximum atomic E-state index is 13.8. The summed E-state index contributed by atoms with van der Waals surface area (Å²) in [4.78, 5) is 25.5. The second-order valence-corrected chi connectivity index (χ2v) is 7.65. The van der Waals surface area contributed by atoms with Gasteiger partial charge in [-0.1, -0.05) is 0 Å². The number of benzene rings is 1. The van der Waals surface area contributed by atoms with E-state index in [4.69, 9.17) is 4.74 Å². The summed E-state index contributed by atoms with van der Waals surface area (Å²) in [5.74, 6) is -0.818. The van der Waals surface area contributed by atoms with E-state index in [1.165, 1.54) is 19.2 Å². The van der Waals surface area contributed by atoms with E-state index < -0.39 is 27.9 Å². The molecule has 2 rings (SSSR count). The third kappa shape index (κ3) is 5.85. The molecule has 1 saturated heterocycles. The number of amides is 3. The van der Waals surface area contributed by atoms with Crippen molar-refractivity contribution in [3.63, 3.8) is 0 Å². The molecule has 26 heavy (non-hydrogen) atoms. The van der Waals surface area contributed by atoms with Crippen molar-refractivity contribution in [1.29, 1.82) is 0 Å². The third-order valence-electron chi connectivity index (χ3n) is 3.63. The molecular weight excluding hydrogens is 367 g/mol. The van der Waals surface area contributed by atoms with E-state index in [1.54, 1.807) is 4.90 Å². The molecule has 0 aromatic heterocycles. The molecule has 0 bridgehead atoms. The minimum absolute atomic E-state index is 0.0992. The lowest BCUT2D eigenvalue weighted by molar-refractivity contribution is -0.128. The minimum atomic E-state index is -3.53. The summed E-state index contributed by atoms with van der Waals surface area (Å²) in [6, 6.07) is 2.35. The smallest absolute Gasteiger partial charge is 0.319 e. The van der Waals surface area contributed by atoms with Crippen molar-refractivity contribution >= 4 is 33.3 Å². The van der Waals surface area contributed by atoms with Crippen molar-refractivity contribution in [2.24, 2.45) is 0 Å². The number of carbonyl (C=O) groups is 2. The van der Waals surface area contributed by atoms with Crippen LogP contribution in [0.1, 0.15) is 6.42 Å². The van der Waals surface area contributed by atoms with Gasteiger partial charge in [0, 0.05) is 26.6 Å².